The highest BCUT2D eigenvalue weighted by molar-refractivity contribution is 5.67. The van der Waals surface area contributed by atoms with Crippen LogP contribution in [-0.4, -0.2) is 59.8 Å². The zero-order valence-electron chi connectivity index (χ0n) is 11.5. The molecule has 3 rings (SSSR count). The molecule has 1 saturated heterocycles. The molecule has 118 valence electrons. The molecule has 4 atom stereocenters. The zero-order valence-corrected chi connectivity index (χ0v) is 11.5. The highest BCUT2D eigenvalue weighted by atomic mass is 16.6. The van der Waals surface area contributed by atoms with E-state index in [0.717, 1.165) is 4.57 Å². The lowest BCUT2D eigenvalue weighted by Crippen LogP contribution is -2.36. The standard InChI is InChI=1S/C12H14N4O6/c1-4-10(20)14-9-5(13-4)2-16(12(21)15-9)11-8(19)7(18)6(3-17)22-11/h2,6-8,11,17-19H,3H2,1H3,(H,14,15,20,21)/t6-,7+,8?,11-/m1/s1. The van der Waals surface area contributed by atoms with E-state index in [9.17, 15) is 19.8 Å². The number of aromatic nitrogens is 4. The lowest BCUT2D eigenvalue weighted by Gasteiger charge is -2.17. The smallest absolute Gasteiger partial charge is 0.351 e. The Hall–Kier alpha value is -2.14. The second kappa shape index (κ2) is 5.25. The Morgan fingerprint density at radius 1 is 1.32 bits per heavy atom. The monoisotopic (exact) mass is 310 g/mol. The van der Waals surface area contributed by atoms with Crippen LogP contribution in [0.4, 0.5) is 0 Å². The van der Waals surface area contributed by atoms with Gasteiger partial charge in [0.25, 0.3) is 5.56 Å². The molecule has 1 fully saturated rings. The predicted octanol–water partition coefficient (Wildman–Crippen LogP) is -2.60. The average Bonchev–Trinajstić information content (AvgIpc) is 2.76. The van der Waals surface area contributed by atoms with E-state index < -0.39 is 42.4 Å². The van der Waals surface area contributed by atoms with Gasteiger partial charge in [-0.05, 0) is 6.92 Å². The second-order valence-corrected chi connectivity index (χ2v) is 5.04. The Bertz CT molecular complexity index is 830. The van der Waals surface area contributed by atoms with Crippen molar-refractivity contribution in [3.05, 3.63) is 32.7 Å². The summed E-state index contributed by atoms with van der Waals surface area (Å²) in [5.74, 6) is 0. The molecule has 2 aromatic heterocycles. The highest BCUT2D eigenvalue weighted by Crippen LogP contribution is 2.28. The van der Waals surface area contributed by atoms with Gasteiger partial charge in [0.1, 0.15) is 29.5 Å². The molecule has 2 aromatic rings. The number of aliphatic hydroxyl groups is 3. The van der Waals surface area contributed by atoms with Crippen molar-refractivity contribution in [1.82, 2.24) is 19.5 Å². The summed E-state index contributed by atoms with van der Waals surface area (Å²) in [7, 11) is 0. The molecule has 1 unspecified atom stereocenters. The summed E-state index contributed by atoms with van der Waals surface area (Å²) in [6.07, 6.45) is -3.67. The quantitative estimate of drug-likeness (QED) is 0.471. The van der Waals surface area contributed by atoms with E-state index in [-0.39, 0.29) is 16.9 Å². The molecule has 0 amide bonds. The van der Waals surface area contributed by atoms with Gasteiger partial charge in [-0.15, -0.1) is 0 Å². The molecule has 0 saturated carbocycles. The van der Waals surface area contributed by atoms with Crippen LogP contribution in [0.1, 0.15) is 11.9 Å². The van der Waals surface area contributed by atoms with Crippen molar-refractivity contribution in [2.75, 3.05) is 6.61 Å². The topological polar surface area (TPSA) is 151 Å². The zero-order chi connectivity index (χ0) is 16.0. The van der Waals surface area contributed by atoms with Gasteiger partial charge in [-0.3, -0.25) is 9.36 Å². The normalized spacial score (nSPS) is 28.4. The van der Waals surface area contributed by atoms with E-state index in [0.29, 0.717) is 0 Å². The van der Waals surface area contributed by atoms with Gasteiger partial charge >= 0.3 is 5.69 Å². The first-order valence-electron chi connectivity index (χ1n) is 6.54. The minimum Gasteiger partial charge on any atom is -0.394 e. The van der Waals surface area contributed by atoms with Gasteiger partial charge < -0.3 is 25.0 Å². The molecule has 0 bridgehead atoms. The van der Waals surface area contributed by atoms with Gasteiger partial charge in [-0.2, -0.15) is 4.98 Å². The van der Waals surface area contributed by atoms with Crippen LogP contribution in [0.25, 0.3) is 11.2 Å². The van der Waals surface area contributed by atoms with Crippen molar-refractivity contribution >= 4 is 11.2 Å². The molecule has 0 spiro atoms. The van der Waals surface area contributed by atoms with Crippen LogP contribution in [0.5, 0.6) is 0 Å². The molecular formula is C12H14N4O6. The first-order valence-corrected chi connectivity index (χ1v) is 6.54. The number of fused-ring (bicyclic) bond motifs is 1. The summed E-state index contributed by atoms with van der Waals surface area (Å²) in [4.78, 5) is 33.6. The van der Waals surface area contributed by atoms with Crippen molar-refractivity contribution in [2.24, 2.45) is 0 Å². The first kappa shape index (κ1) is 14.8. The highest BCUT2D eigenvalue weighted by Gasteiger charge is 2.43. The number of ether oxygens (including phenoxy) is 1. The minimum atomic E-state index is -1.40. The van der Waals surface area contributed by atoms with Crippen LogP contribution < -0.4 is 11.2 Å². The van der Waals surface area contributed by atoms with Gasteiger partial charge in [0.05, 0.1) is 6.61 Å². The Kier molecular flexibility index (Phi) is 3.53. The van der Waals surface area contributed by atoms with Crippen LogP contribution >= 0.6 is 0 Å². The van der Waals surface area contributed by atoms with E-state index in [2.05, 4.69) is 15.0 Å². The third-order valence-corrected chi connectivity index (χ3v) is 3.57. The van der Waals surface area contributed by atoms with E-state index in [1.54, 1.807) is 0 Å². The maximum absolute atomic E-state index is 12.0. The Labute approximate surface area is 122 Å². The lowest BCUT2D eigenvalue weighted by atomic mass is 10.1. The van der Waals surface area contributed by atoms with Gasteiger partial charge in [0, 0.05) is 6.20 Å². The molecule has 0 aliphatic carbocycles. The number of H-pyrrole nitrogens is 1. The molecule has 0 radical (unpaired) electrons. The van der Waals surface area contributed by atoms with Crippen LogP contribution in [0, 0.1) is 6.92 Å². The van der Waals surface area contributed by atoms with E-state index >= 15 is 0 Å². The molecule has 0 aromatic carbocycles. The summed E-state index contributed by atoms with van der Waals surface area (Å²) in [5, 5.41) is 28.8. The number of aromatic amines is 1. The first-order chi connectivity index (χ1) is 10.4. The summed E-state index contributed by atoms with van der Waals surface area (Å²) >= 11 is 0. The molecule has 3 heterocycles. The SMILES string of the molecule is Cc1nc2cn([C@@H]3O[C@H](CO)[C@H](O)C3O)c(=O)nc2[nH]c1=O. The molecule has 10 heteroatoms. The summed E-state index contributed by atoms with van der Waals surface area (Å²) < 4.78 is 6.25. The largest absolute Gasteiger partial charge is 0.394 e. The summed E-state index contributed by atoms with van der Waals surface area (Å²) in [6.45, 7) is 0.995. The predicted molar refractivity (Wildman–Crippen MR) is 72.2 cm³/mol. The van der Waals surface area contributed by atoms with Crippen molar-refractivity contribution in [3.63, 3.8) is 0 Å². The summed E-state index contributed by atoms with van der Waals surface area (Å²) in [6, 6.07) is 0. The van der Waals surface area contributed by atoms with Crippen LogP contribution in [0.15, 0.2) is 15.8 Å². The molecule has 1 aliphatic heterocycles. The fourth-order valence-corrected chi connectivity index (χ4v) is 2.35. The van der Waals surface area contributed by atoms with Crippen LogP contribution in [0.2, 0.25) is 0 Å². The maximum Gasteiger partial charge on any atom is 0.351 e. The number of hydrogen-bond acceptors (Lipinski definition) is 8. The minimum absolute atomic E-state index is 0.0172. The van der Waals surface area contributed by atoms with Crippen LogP contribution in [0.3, 0.4) is 0 Å². The number of nitrogens with zero attached hydrogens (tertiary/aromatic N) is 3. The van der Waals surface area contributed by atoms with Crippen molar-refractivity contribution in [2.45, 2.75) is 31.5 Å². The Balaban J connectivity index is 2.12. The van der Waals surface area contributed by atoms with E-state index in [1.165, 1.54) is 13.1 Å². The van der Waals surface area contributed by atoms with Gasteiger partial charge in [-0.25, -0.2) is 9.78 Å². The van der Waals surface area contributed by atoms with E-state index in [1.807, 2.05) is 0 Å². The van der Waals surface area contributed by atoms with Crippen molar-refractivity contribution in [1.29, 1.82) is 0 Å². The third-order valence-electron chi connectivity index (χ3n) is 3.57. The Morgan fingerprint density at radius 2 is 2.05 bits per heavy atom. The Morgan fingerprint density at radius 3 is 2.68 bits per heavy atom. The van der Waals surface area contributed by atoms with Gasteiger partial charge in [0.15, 0.2) is 11.9 Å². The number of aryl methyl sites for hydroxylation is 1. The summed E-state index contributed by atoms with van der Waals surface area (Å²) in [5.41, 5.74) is -0.799. The van der Waals surface area contributed by atoms with Crippen LogP contribution in [-0.2, 0) is 4.74 Å². The fraction of sp³-hybridized carbons (Fsp3) is 0.500. The molecule has 4 N–H and O–H groups in total. The van der Waals surface area contributed by atoms with Crippen molar-refractivity contribution in [3.8, 4) is 0 Å². The number of rotatable bonds is 2. The number of nitrogens with one attached hydrogen (secondary N) is 1. The second-order valence-electron chi connectivity index (χ2n) is 5.04. The van der Waals surface area contributed by atoms with Gasteiger partial charge in [-0.1, -0.05) is 0 Å². The molecule has 22 heavy (non-hydrogen) atoms. The maximum atomic E-state index is 12.0. The number of hydrogen-bond donors (Lipinski definition) is 4. The van der Waals surface area contributed by atoms with Gasteiger partial charge in [0.2, 0.25) is 0 Å². The van der Waals surface area contributed by atoms with E-state index in [4.69, 9.17) is 9.84 Å². The molecule has 1 aliphatic rings. The van der Waals surface area contributed by atoms with Crippen molar-refractivity contribution < 1.29 is 20.1 Å². The lowest BCUT2D eigenvalue weighted by molar-refractivity contribution is -0.0547. The fourth-order valence-electron chi connectivity index (χ4n) is 2.35. The number of aliphatic hydroxyl groups excluding tert-OH is 3. The third kappa shape index (κ3) is 2.22. The molecular weight excluding hydrogens is 296 g/mol. The average molecular weight is 310 g/mol. The molecule has 10 nitrogen and oxygen atoms in total.